The van der Waals surface area contributed by atoms with Crippen LogP contribution < -0.4 is 4.90 Å². The molecule has 55 heavy (non-hydrogen) atoms. The molecule has 1 nitrogen and oxygen atoms in total. The average molecular weight is 698 g/mol. The third-order valence-corrected chi connectivity index (χ3v) is 11.4. The van der Waals surface area contributed by atoms with Crippen molar-refractivity contribution in [1.82, 2.24) is 0 Å². The van der Waals surface area contributed by atoms with Crippen LogP contribution in [0.15, 0.2) is 212 Å². The van der Waals surface area contributed by atoms with Crippen LogP contribution in [0.3, 0.4) is 0 Å². The van der Waals surface area contributed by atoms with Gasteiger partial charge in [0.25, 0.3) is 0 Å². The Bertz CT molecular complexity index is 3140. The van der Waals surface area contributed by atoms with Gasteiger partial charge in [-0.25, -0.2) is 0 Å². The van der Waals surface area contributed by atoms with Gasteiger partial charge in [-0.3, -0.25) is 0 Å². The molecule has 256 valence electrons. The molecule has 0 saturated carbocycles. The molecule has 0 saturated heterocycles. The summed E-state index contributed by atoms with van der Waals surface area (Å²) in [6.07, 6.45) is 0. The Morgan fingerprint density at radius 3 is 1.04 bits per heavy atom. The van der Waals surface area contributed by atoms with Gasteiger partial charge >= 0.3 is 0 Å². The number of para-hydroxylation sites is 2. The maximum Gasteiger partial charge on any atom is 0.0462 e. The zero-order valence-electron chi connectivity index (χ0n) is 30.2. The monoisotopic (exact) mass is 697 g/mol. The van der Waals surface area contributed by atoms with Crippen molar-refractivity contribution in [3.05, 3.63) is 212 Å². The molecule has 0 unspecified atom stereocenters. The number of fused-ring (bicyclic) bond motifs is 9. The summed E-state index contributed by atoms with van der Waals surface area (Å²) in [7, 11) is 0. The van der Waals surface area contributed by atoms with Crippen LogP contribution in [-0.2, 0) is 0 Å². The number of benzene rings is 11. The number of anilines is 3. The van der Waals surface area contributed by atoms with Crippen LogP contribution in [0.4, 0.5) is 17.1 Å². The lowest BCUT2D eigenvalue weighted by Gasteiger charge is -2.25. The largest absolute Gasteiger partial charge is 0.311 e. The van der Waals surface area contributed by atoms with Gasteiger partial charge in [0, 0.05) is 17.1 Å². The lowest BCUT2D eigenvalue weighted by atomic mass is 9.85. The highest BCUT2D eigenvalue weighted by atomic mass is 15.1. The first-order valence-corrected chi connectivity index (χ1v) is 19.0. The van der Waals surface area contributed by atoms with Gasteiger partial charge in [-0.2, -0.15) is 0 Å². The zero-order chi connectivity index (χ0) is 36.3. The van der Waals surface area contributed by atoms with E-state index in [4.69, 9.17) is 0 Å². The van der Waals surface area contributed by atoms with E-state index < -0.39 is 0 Å². The molecule has 0 aliphatic carbocycles. The Labute approximate surface area is 320 Å². The van der Waals surface area contributed by atoms with Crippen molar-refractivity contribution in [2.24, 2.45) is 0 Å². The van der Waals surface area contributed by atoms with Crippen LogP contribution in [0.1, 0.15) is 0 Å². The lowest BCUT2D eigenvalue weighted by molar-refractivity contribution is 1.28. The maximum absolute atomic E-state index is 2.41. The van der Waals surface area contributed by atoms with Gasteiger partial charge in [0.1, 0.15) is 0 Å². The molecule has 0 heterocycles. The van der Waals surface area contributed by atoms with Gasteiger partial charge in [0.2, 0.25) is 0 Å². The second-order valence-electron chi connectivity index (χ2n) is 14.4. The van der Waals surface area contributed by atoms with Crippen molar-refractivity contribution in [2.75, 3.05) is 4.90 Å². The fraction of sp³-hybridized carbons (Fsp3) is 0. The summed E-state index contributed by atoms with van der Waals surface area (Å²) in [6, 6.07) is 77.7. The molecule has 0 amide bonds. The van der Waals surface area contributed by atoms with Crippen LogP contribution in [0.2, 0.25) is 0 Å². The van der Waals surface area contributed by atoms with E-state index in [1.54, 1.807) is 0 Å². The van der Waals surface area contributed by atoms with E-state index >= 15 is 0 Å². The Balaban J connectivity index is 1.10. The number of hydrogen-bond acceptors (Lipinski definition) is 1. The van der Waals surface area contributed by atoms with Gasteiger partial charge in [-0.15, -0.1) is 0 Å². The van der Waals surface area contributed by atoms with Crippen LogP contribution in [-0.4, -0.2) is 0 Å². The molecule has 1 heteroatoms. The molecule has 11 aromatic carbocycles. The highest BCUT2D eigenvalue weighted by Crippen LogP contribution is 2.46. The minimum Gasteiger partial charge on any atom is -0.311 e. The molecular formula is C54H35N. The topological polar surface area (TPSA) is 3.24 Å². The van der Waals surface area contributed by atoms with Crippen LogP contribution in [0.25, 0.3) is 86.9 Å². The fourth-order valence-corrected chi connectivity index (χ4v) is 8.93. The highest BCUT2D eigenvalue weighted by Gasteiger charge is 2.19. The number of rotatable bonds is 5. The summed E-state index contributed by atoms with van der Waals surface area (Å²) in [4.78, 5) is 2.32. The third-order valence-electron chi connectivity index (χ3n) is 11.4. The normalized spacial score (nSPS) is 11.6. The first-order valence-electron chi connectivity index (χ1n) is 19.0. The standard InChI is InChI=1S/C54H35N/c1-3-15-40(16-4-1)55(41-17-5-2-6-18-41)42-31-29-36(30-32-42)53-47-23-11-13-25-49(47)54(50-26-14-12-24-48(50)53)38-28-27-37-34-51-45-21-9-7-19-43(45)44-20-8-10-22-46(44)52(51)35-39(37)33-38/h1-35H. The molecule has 11 aromatic rings. The van der Waals surface area contributed by atoms with E-state index in [2.05, 4.69) is 217 Å². The lowest BCUT2D eigenvalue weighted by Crippen LogP contribution is -2.09. The summed E-state index contributed by atoms with van der Waals surface area (Å²) < 4.78 is 0. The van der Waals surface area contributed by atoms with Crippen molar-refractivity contribution < 1.29 is 0 Å². The second kappa shape index (κ2) is 12.7. The smallest absolute Gasteiger partial charge is 0.0462 e. The fourth-order valence-electron chi connectivity index (χ4n) is 8.93. The van der Waals surface area contributed by atoms with E-state index in [1.165, 1.54) is 86.9 Å². The predicted molar refractivity (Wildman–Crippen MR) is 237 cm³/mol. The van der Waals surface area contributed by atoms with Gasteiger partial charge in [-0.1, -0.05) is 158 Å². The predicted octanol–water partition coefficient (Wildman–Crippen LogP) is 15.4. The maximum atomic E-state index is 2.41. The van der Waals surface area contributed by atoms with E-state index in [1.807, 2.05) is 0 Å². The molecule has 0 aromatic heterocycles. The minimum atomic E-state index is 1.12. The molecule has 11 rings (SSSR count). The van der Waals surface area contributed by atoms with Crippen LogP contribution in [0.5, 0.6) is 0 Å². The quantitative estimate of drug-likeness (QED) is 0.128. The second-order valence-corrected chi connectivity index (χ2v) is 14.4. The van der Waals surface area contributed by atoms with Crippen LogP contribution in [0, 0.1) is 0 Å². The molecule has 0 spiro atoms. The number of nitrogens with zero attached hydrogens (tertiary/aromatic N) is 1. The van der Waals surface area contributed by atoms with Crippen molar-refractivity contribution in [1.29, 1.82) is 0 Å². The van der Waals surface area contributed by atoms with Gasteiger partial charge in [0.05, 0.1) is 0 Å². The summed E-state index contributed by atoms with van der Waals surface area (Å²) in [5, 5.41) is 15.3. The molecule has 0 aliphatic heterocycles. The molecule has 0 bridgehead atoms. The van der Waals surface area contributed by atoms with E-state index in [0.717, 1.165) is 17.1 Å². The van der Waals surface area contributed by atoms with Gasteiger partial charge < -0.3 is 4.90 Å². The molecular weight excluding hydrogens is 663 g/mol. The average Bonchev–Trinajstić information content (AvgIpc) is 3.26. The van der Waals surface area contributed by atoms with E-state index in [0.29, 0.717) is 0 Å². The van der Waals surface area contributed by atoms with Crippen molar-refractivity contribution >= 4 is 81.7 Å². The first kappa shape index (κ1) is 31.3. The van der Waals surface area contributed by atoms with E-state index in [9.17, 15) is 0 Å². The SMILES string of the molecule is c1ccc(N(c2ccccc2)c2ccc(-c3c4ccccc4c(-c4ccc5cc6c7ccccc7c7ccccc7c6cc5c4)c4ccccc34)cc2)cc1. The summed E-state index contributed by atoms with van der Waals surface area (Å²) in [5.74, 6) is 0. The van der Waals surface area contributed by atoms with Crippen LogP contribution >= 0.6 is 0 Å². The van der Waals surface area contributed by atoms with Gasteiger partial charge in [0.15, 0.2) is 0 Å². The summed E-state index contributed by atoms with van der Waals surface area (Å²) in [5.41, 5.74) is 8.35. The third kappa shape index (κ3) is 5.09. The molecule has 0 fully saturated rings. The summed E-state index contributed by atoms with van der Waals surface area (Å²) >= 11 is 0. The highest BCUT2D eigenvalue weighted by molar-refractivity contribution is 6.28. The molecule has 0 atom stereocenters. The Hall–Kier alpha value is -7.22. The van der Waals surface area contributed by atoms with Crippen molar-refractivity contribution in [3.63, 3.8) is 0 Å². The van der Waals surface area contributed by atoms with Gasteiger partial charge in [-0.05, 0) is 141 Å². The first-order chi connectivity index (χ1) is 27.3. The van der Waals surface area contributed by atoms with E-state index in [-0.39, 0.29) is 0 Å². The minimum absolute atomic E-state index is 1.12. The Kier molecular flexibility index (Phi) is 7.25. The van der Waals surface area contributed by atoms with Crippen molar-refractivity contribution in [3.8, 4) is 22.3 Å². The zero-order valence-corrected chi connectivity index (χ0v) is 30.2. The Morgan fingerprint density at radius 1 is 0.218 bits per heavy atom. The molecule has 0 radical (unpaired) electrons. The molecule has 0 aliphatic rings. The molecule has 0 N–H and O–H groups in total. The Morgan fingerprint density at radius 2 is 0.564 bits per heavy atom. The van der Waals surface area contributed by atoms with Crippen molar-refractivity contribution in [2.45, 2.75) is 0 Å². The number of hydrogen-bond donors (Lipinski definition) is 0. The summed E-state index contributed by atoms with van der Waals surface area (Å²) in [6.45, 7) is 0.